The van der Waals surface area contributed by atoms with Crippen LogP contribution < -0.4 is 10.1 Å². The van der Waals surface area contributed by atoms with Crippen molar-refractivity contribution in [3.8, 4) is 5.75 Å². The largest absolute Gasteiger partial charge is 0.493 e. The van der Waals surface area contributed by atoms with E-state index in [0.29, 0.717) is 6.04 Å². The van der Waals surface area contributed by atoms with Crippen LogP contribution in [0.25, 0.3) is 0 Å². The van der Waals surface area contributed by atoms with Gasteiger partial charge in [0, 0.05) is 23.0 Å². The molecule has 1 aromatic rings. The van der Waals surface area contributed by atoms with Gasteiger partial charge in [0.25, 0.3) is 0 Å². The summed E-state index contributed by atoms with van der Waals surface area (Å²) in [5.74, 6) is 1.12. The maximum absolute atomic E-state index is 6.56. The van der Waals surface area contributed by atoms with Gasteiger partial charge in [0.15, 0.2) is 0 Å². The minimum absolute atomic E-state index is 0.139. The summed E-state index contributed by atoms with van der Waals surface area (Å²) in [5, 5.41) is 4.55. The summed E-state index contributed by atoms with van der Waals surface area (Å²) >= 11 is 6.56. The monoisotopic (exact) mass is 279 g/mol. The zero-order valence-corrected chi connectivity index (χ0v) is 12.7. The van der Waals surface area contributed by atoms with Crippen LogP contribution in [0.3, 0.4) is 0 Å². The first-order chi connectivity index (χ1) is 9.04. The summed E-state index contributed by atoms with van der Waals surface area (Å²) in [4.78, 5) is 0. The van der Waals surface area contributed by atoms with Gasteiger partial charge in [-0.25, -0.2) is 0 Å². The molecule has 0 aromatic heterocycles. The van der Waals surface area contributed by atoms with Crippen molar-refractivity contribution in [3.63, 3.8) is 0 Å². The predicted octanol–water partition coefficient (Wildman–Crippen LogP) is 4.00. The van der Waals surface area contributed by atoms with Crippen LogP contribution in [-0.4, -0.2) is 13.2 Å². The number of ether oxygens (including phenoxy) is 1. The highest BCUT2D eigenvalue weighted by Gasteiger charge is 2.42. The van der Waals surface area contributed by atoms with Crippen LogP contribution in [0.15, 0.2) is 6.07 Å². The van der Waals surface area contributed by atoms with Crippen LogP contribution in [-0.2, 0) is 11.8 Å². The molecule has 19 heavy (non-hydrogen) atoms. The first-order valence-corrected chi connectivity index (χ1v) is 7.64. The van der Waals surface area contributed by atoms with E-state index in [1.807, 2.05) is 0 Å². The third-order valence-electron chi connectivity index (χ3n) is 4.34. The molecule has 2 nitrogen and oxygen atoms in total. The average Bonchev–Trinajstić information content (AvgIpc) is 2.89. The van der Waals surface area contributed by atoms with Crippen LogP contribution >= 0.6 is 11.6 Å². The van der Waals surface area contributed by atoms with Crippen molar-refractivity contribution in [2.75, 3.05) is 13.2 Å². The van der Waals surface area contributed by atoms with Crippen LogP contribution in [0.2, 0.25) is 5.02 Å². The smallest absolute Gasteiger partial charge is 0.126 e. The van der Waals surface area contributed by atoms with Gasteiger partial charge in [-0.1, -0.05) is 32.4 Å². The third kappa shape index (κ3) is 2.05. The highest BCUT2D eigenvalue weighted by Crippen LogP contribution is 2.53. The van der Waals surface area contributed by atoms with E-state index in [4.69, 9.17) is 16.3 Å². The van der Waals surface area contributed by atoms with Gasteiger partial charge >= 0.3 is 0 Å². The van der Waals surface area contributed by atoms with Crippen molar-refractivity contribution >= 4 is 11.6 Å². The van der Waals surface area contributed by atoms with Gasteiger partial charge in [0.2, 0.25) is 0 Å². The molecule has 1 aliphatic heterocycles. The Hall–Kier alpha value is -0.730. The van der Waals surface area contributed by atoms with E-state index in [0.717, 1.165) is 43.2 Å². The van der Waals surface area contributed by atoms with Gasteiger partial charge in [0.05, 0.1) is 6.61 Å². The molecular formula is C16H22ClNO. The maximum Gasteiger partial charge on any atom is 0.126 e. The number of rotatable bonds is 3. The third-order valence-corrected chi connectivity index (χ3v) is 4.66. The Morgan fingerprint density at radius 2 is 2.26 bits per heavy atom. The lowest BCUT2D eigenvalue weighted by atomic mass is 9.85. The molecule has 0 saturated carbocycles. The molecule has 1 N–H and O–H groups in total. The number of benzene rings is 1. The van der Waals surface area contributed by atoms with E-state index < -0.39 is 0 Å². The van der Waals surface area contributed by atoms with E-state index in [9.17, 15) is 0 Å². The Kier molecular flexibility index (Phi) is 3.26. The summed E-state index contributed by atoms with van der Waals surface area (Å²) in [6.45, 7) is 8.64. The highest BCUT2D eigenvalue weighted by atomic mass is 35.5. The standard InChI is InChI=1S/C16H22ClNO/c1-4-6-18-12-9-16(2,3)14-13(12)11(17)8-10-5-7-19-15(10)14/h8,12,18H,4-7,9H2,1-3H3. The first kappa shape index (κ1) is 13.3. The summed E-state index contributed by atoms with van der Waals surface area (Å²) in [7, 11) is 0. The molecule has 0 saturated heterocycles. The molecule has 3 heteroatoms. The highest BCUT2D eigenvalue weighted by molar-refractivity contribution is 6.31. The Labute approximate surface area is 120 Å². The molecule has 1 heterocycles. The van der Waals surface area contributed by atoms with E-state index >= 15 is 0 Å². The quantitative estimate of drug-likeness (QED) is 0.903. The lowest BCUT2D eigenvalue weighted by Gasteiger charge is -2.21. The minimum atomic E-state index is 0.139. The molecule has 0 bridgehead atoms. The SMILES string of the molecule is CCCNC1CC(C)(C)c2c3c(cc(Cl)c21)CCO3. The lowest BCUT2D eigenvalue weighted by molar-refractivity contribution is 0.344. The molecular weight excluding hydrogens is 258 g/mol. The second-order valence-electron chi connectivity index (χ2n) is 6.33. The van der Waals surface area contributed by atoms with Crippen LogP contribution in [0.1, 0.15) is 56.3 Å². The van der Waals surface area contributed by atoms with Crippen molar-refractivity contribution in [1.82, 2.24) is 5.32 Å². The Morgan fingerprint density at radius 1 is 1.47 bits per heavy atom. The Bertz CT molecular complexity index is 510. The van der Waals surface area contributed by atoms with E-state index in [-0.39, 0.29) is 5.41 Å². The molecule has 104 valence electrons. The molecule has 1 aliphatic carbocycles. The normalized spacial score (nSPS) is 23.1. The fourth-order valence-corrected chi connectivity index (χ4v) is 3.89. The van der Waals surface area contributed by atoms with E-state index in [1.54, 1.807) is 0 Å². The zero-order chi connectivity index (χ0) is 13.6. The molecule has 0 spiro atoms. The van der Waals surface area contributed by atoms with Crippen molar-refractivity contribution in [1.29, 1.82) is 0 Å². The number of halogens is 1. The minimum Gasteiger partial charge on any atom is -0.493 e. The molecule has 0 radical (unpaired) electrons. The molecule has 3 rings (SSSR count). The Balaban J connectivity index is 2.11. The number of hydrogen-bond acceptors (Lipinski definition) is 2. The van der Waals surface area contributed by atoms with Gasteiger partial charge < -0.3 is 10.1 Å². The first-order valence-electron chi connectivity index (χ1n) is 7.26. The number of nitrogens with one attached hydrogen (secondary N) is 1. The van der Waals surface area contributed by atoms with Crippen LogP contribution in [0.4, 0.5) is 0 Å². The fraction of sp³-hybridized carbons (Fsp3) is 0.625. The van der Waals surface area contributed by atoms with E-state index in [2.05, 4.69) is 32.2 Å². The van der Waals surface area contributed by atoms with Crippen molar-refractivity contribution in [2.24, 2.45) is 0 Å². The average molecular weight is 280 g/mol. The van der Waals surface area contributed by atoms with Crippen molar-refractivity contribution < 1.29 is 4.74 Å². The number of fused-ring (bicyclic) bond motifs is 3. The zero-order valence-electron chi connectivity index (χ0n) is 12.0. The fourth-order valence-electron chi connectivity index (χ4n) is 3.53. The van der Waals surface area contributed by atoms with Gasteiger partial charge in [-0.2, -0.15) is 0 Å². The maximum atomic E-state index is 6.56. The predicted molar refractivity (Wildman–Crippen MR) is 79.3 cm³/mol. The molecule has 2 aliphatic rings. The van der Waals surface area contributed by atoms with E-state index in [1.165, 1.54) is 16.7 Å². The molecule has 0 fully saturated rings. The topological polar surface area (TPSA) is 21.3 Å². The Morgan fingerprint density at radius 3 is 3.00 bits per heavy atom. The van der Waals surface area contributed by atoms with Crippen LogP contribution in [0.5, 0.6) is 5.75 Å². The van der Waals surface area contributed by atoms with Crippen molar-refractivity contribution in [2.45, 2.75) is 51.5 Å². The van der Waals surface area contributed by atoms with Gasteiger partial charge in [-0.05, 0) is 42.0 Å². The summed E-state index contributed by atoms with van der Waals surface area (Å²) in [6.07, 6.45) is 3.23. The second-order valence-corrected chi connectivity index (χ2v) is 6.74. The molecule has 1 atom stereocenters. The lowest BCUT2D eigenvalue weighted by Crippen LogP contribution is -2.22. The molecule has 1 unspecified atom stereocenters. The van der Waals surface area contributed by atoms with Crippen molar-refractivity contribution in [3.05, 3.63) is 27.8 Å². The van der Waals surface area contributed by atoms with Gasteiger partial charge in [-0.15, -0.1) is 0 Å². The van der Waals surface area contributed by atoms with Gasteiger partial charge in [-0.3, -0.25) is 0 Å². The van der Waals surface area contributed by atoms with Crippen LogP contribution in [0, 0.1) is 0 Å². The molecule has 0 amide bonds. The summed E-state index contributed by atoms with van der Waals surface area (Å²) in [5.41, 5.74) is 4.05. The number of hydrogen-bond donors (Lipinski definition) is 1. The summed E-state index contributed by atoms with van der Waals surface area (Å²) < 4.78 is 5.90. The summed E-state index contributed by atoms with van der Waals surface area (Å²) in [6, 6.07) is 2.48. The second kappa shape index (κ2) is 4.68. The molecule has 1 aromatic carbocycles. The van der Waals surface area contributed by atoms with Gasteiger partial charge in [0.1, 0.15) is 5.75 Å².